The Hall–Kier alpha value is -2.89. The lowest BCUT2D eigenvalue weighted by Gasteiger charge is -2.20. The SMILES string of the molecule is O=C(Nc1ncccc1O)c1cccc(NC(=O)C2CCCCC2)c1. The Labute approximate surface area is 146 Å². The van der Waals surface area contributed by atoms with Crippen LogP contribution in [0.4, 0.5) is 11.5 Å². The van der Waals surface area contributed by atoms with Gasteiger partial charge < -0.3 is 15.7 Å². The van der Waals surface area contributed by atoms with Gasteiger partial charge in [-0.05, 0) is 43.2 Å². The zero-order valence-electron chi connectivity index (χ0n) is 13.9. The number of carbonyl (C=O) groups excluding carboxylic acids is 2. The number of hydrogen-bond acceptors (Lipinski definition) is 4. The molecule has 0 saturated heterocycles. The smallest absolute Gasteiger partial charge is 0.256 e. The Morgan fingerprint density at radius 2 is 1.84 bits per heavy atom. The van der Waals surface area contributed by atoms with Gasteiger partial charge in [0.05, 0.1) is 0 Å². The van der Waals surface area contributed by atoms with E-state index in [0.717, 1.165) is 25.7 Å². The third-order valence-corrected chi connectivity index (χ3v) is 4.39. The van der Waals surface area contributed by atoms with Crippen LogP contribution in [0, 0.1) is 5.92 Å². The van der Waals surface area contributed by atoms with Crippen LogP contribution in [0.2, 0.25) is 0 Å². The van der Waals surface area contributed by atoms with E-state index in [0.29, 0.717) is 11.3 Å². The average molecular weight is 339 g/mol. The highest BCUT2D eigenvalue weighted by molar-refractivity contribution is 6.05. The van der Waals surface area contributed by atoms with Crippen LogP contribution in [0.1, 0.15) is 42.5 Å². The first-order valence-corrected chi connectivity index (χ1v) is 8.50. The Balaban J connectivity index is 1.67. The minimum Gasteiger partial charge on any atom is -0.504 e. The summed E-state index contributed by atoms with van der Waals surface area (Å²) in [6.45, 7) is 0. The first kappa shape index (κ1) is 17.0. The molecular formula is C19H21N3O3. The van der Waals surface area contributed by atoms with Crippen molar-refractivity contribution in [2.45, 2.75) is 32.1 Å². The van der Waals surface area contributed by atoms with Gasteiger partial charge in [0.1, 0.15) is 0 Å². The molecule has 0 unspecified atom stereocenters. The van der Waals surface area contributed by atoms with Crippen molar-refractivity contribution in [1.82, 2.24) is 4.98 Å². The van der Waals surface area contributed by atoms with E-state index in [9.17, 15) is 14.7 Å². The number of rotatable bonds is 4. The van der Waals surface area contributed by atoms with E-state index in [-0.39, 0.29) is 23.4 Å². The predicted molar refractivity (Wildman–Crippen MR) is 95.5 cm³/mol. The lowest BCUT2D eigenvalue weighted by Crippen LogP contribution is -2.24. The fraction of sp³-hybridized carbons (Fsp3) is 0.316. The minimum absolute atomic E-state index is 0.0135. The molecule has 6 nitrogen and oxygen atoms in total. The van der Waals surface area contributed by atoms with E-state index in [1.54, 1.807) is 30.3 Å². The summed E-state index contributed by atoms with van der Waals surface area (Å²) in [4.78, 5) is 28.6. The summed E-state index contributed by atoms with van der Waals surface area (Å²) in [6.07, 6.45) is 6.70. The second-order valence-electron chi connectivity index (χ2n) is 6.23. The standard InChI is InChI=1S/C19H21N3O3/c23-16-10-5-11-20-17(16)22-19(25)14-8-4-9-15(12-14)21-18(24)13-6-2-1-3-7-13/h4-5,8-13,23H,1-3,6-7H2,(H,21,24)(H,20,22,25). The largest absolute Gasteiger partial charge is 0.504 e. The summed E-state index contributed by atoms with van der Waals surface area (Å²) in [7, 11) is 0. The molecule has 6 heteroatoms. The molecule has 1 aromatic carbocycles. The number of pyridine rings is 1. The predicted octanol–water partition coefficient (Wildman–Crippen LogP) is 3.56. The molecule has 0 bridgehead atoms. The van der Waals surface area contributed by atoms with Crippen molar-refractivity contribution in [3.63, 3.8) is 0 Å². The Morgan fingerprint density at radius 1 is 1.04 bits per heavy atom. The van der Waals surface area contributed by atoms with E-state index in [2.05, 4.69) is 15.6 Å². The second kappa shape index (κ2) is 7.79. The van der Waals surface area contributed by atoms with Crippen LogP contribution < -0.4 is 10.6 Å². The average Bonchev–Trinajstić information content (AvgIpc) is 2.64. The quantitative estimate of drug-likeness (QED) is 0.794. The highest BCUT2D eigenvalue weighted by Crippen LogP contribution is 2.25. The number of benzene rings is 1. The number of amides is 2. The number of hydrogen-bond donors (Lipinski definition) is 3. The van der Waals surface area contributed by atoms with Crippen LogP contribution in [0.15, 0.2) is 42.6 Å². The maximum absolute atomic E-state index is 12.3. The Bertz CT molecular complexity index is 770. The van der Waals surface area contributed by atoms with Gasteiger partial charge >= 0.3 is 0 Å². The van der Waals surface area contributed by atoms with Crippen molar-refractivity contribution in [3.8, 4) is 5.75 Å². The zero-order chi connectivity index (χ0) is 17.6. The molecule has 0 atom stereocenters. The van der Waals surface area contributed by atoms with Crippen molar-refractivity contribution in [3.05, 3.63) is 48.2 Å². The molecule has 1 aliphatic rings. The fourth-order valence-electron chi connectivity index (χ4n) is 3.02. The summed E-state index contributed by atoms with van der Waals surface area (Å²) in [5, 5.41) is 15.1. The van der Waals surface area contributed by atoms with Gasteiger partial charge in [0.15, 0.2) is 11.6 Å². The lowest BCUT2D eigenvalue weighted by atomic mass is 9.88. The van der Waals surface area contributed by atoms with Crippen LogP contribution in [0.3, 0.4) is 0 Å². The van der Waals surface area contributed by atoms with Crippen molar-refractivity contribution >= 4 is 23.3 Å². The van der Waals surface area contributed by atoms with Gasteiger partial charge in [-0.15, -0.1) is 0 Å². The van der Waals surface area contributed by atoms with Gasteiger partial charge in [-0.3, -0.25) is 9.59 Å². The number of carbonyl (C=O) groups is 2. The number of nitrogens with one attached hydrogen (secondary N) is 2. The van der Waals surface area contributed by atoms with Crippen molar-refractivity contribution in [2.75, 3.05) is 10.6 Å². The molecule has 1 heterocycles. The third-order valence-electron chi connectivity index (χ3n) is 4.39. The number of nitrogens with zero attached hydrogens (tertiary/aromatic N) is 1. The molecule has 0 radical (unpaired) electrons. The summed E-state index contributed by atoms with van der Waals surface area (Å²) in [5.41, 5.74) is 0.972. The maximum atomic E-state index is 12.3. The molecule has 1 aromatic heterocycles. The number of aromatic hydroxyl groups is 1. The fourth-order valence-corrected chi connectivity index (χ4v) is 3.02. The van der Waals surface area contributed by atoms with Gasteiger partial charge in [0, 0.05) is 23.4 Å². The molecule has 25 heavy (non-hydrogen) atoms. The summed E-state index contributed by atoms with van der Waals surface area (Å²) >= 11 is 0. The molecule has 1 saturated carbocycles. The van der Waals surface area contributed by atoms with Crippen LogP contribution in [0.5, 0.6) is 5.75 Å². The van der Waals surface area contributed by atoms with E-state index in [1.165, 1.54) is 18.7 Å². The molecule has 130 valence electrons. The molecule has 1 aliphatic carbocycles. The Morgan fingerprint density at radius 3 is 2.60 bits per heavy atom. The molecule has 0 aliphatic heterocycles. The zero-order valence-corrected chi connectivity index (χ0v) is 13.9. The van der Waals surface area contributed by atoms with E-state index < -0.39 is 5.91 Å². The first-order chi connectivity index (χ1) is 12.1. The van der Waals surface area contributed by atoms with Crippen LogP contribution in [-0.2, 0) is 4.79 Å². The lowest BCUT2D eigenvalue weighted by molar-refractivity contribution is -0.120. The molecule has 3 N–H and O–H groups in total. The molecule has 0 spiro atoms. The van der Waals surface area contributed by atoms with Crippen LogP contribution in [-0.4, -0.2) is 21.9 Å². The topological polar surface area (TPSA) is 91.3 Å². The summed E-state index contributed by atoms with van der Waals surface area (Å²) < 4.78 is 0. The number of anilines is 2. The first-order valence-electron chi connectivity index (χ1n) is 8.50. The second-order valence-corrected chi connectivity index (χ2v) is 6.23. The highest BCUT2D eigenvalue weighted by atomic mass is 16.3. The van der Waals surface area contributed by atoms with Gasteiger partial charge in [-0.1, -0.05) is 25.3 Å². The van der Waals surface area contributed by atoms with E-state index in [1.807, 2.05) is 0 Å². The third kappa shape index (κ3) is 4.35. The summed E-state index contributed by atoms with van der Waals surface area (Å²) in [5.74, 6) is -0.333. The van der Waals surface area contributed by atoms with E-state index >= 15 is 0 Å². The van der Waals surface area contributed by atoms with Gasteiger partial charge in [0.2, 0.25) is 5.91 Å². The molecule has 2 aromatic rings. The highest BCUT2D eigenvalue weighted by Gasteiger charge is 2.21. The molecule has 1 fully saturated rings. The van der Waals surface area contributed by atoms with E-state index in [4.69, 9.17) is 0 Å². The maximum Gasteiger partial charge on any atom is 0.256 e. The molecule has 3 rings (SSSR count). The summed E-state index contributed by atoms with van der Waals surface area (Å²) in [6, 6.07) is 9.76. The van der Waals surface area contributed by atoms with Gasteiger partial charge in [-0.2, -0.15) is 0 Å². The van der Waals surface area contributed by atoms with Crippen LogP contribution >= 0.6 is 0 Å². The van der Waals surface area contributed by atoms with Gasteiger partial charge in [-0.25, -0.2) is 4.98 Å². The number of aromatic nitrogens is 1. The van der Waals surface area contributed by atoms with Crippen molar-refractivity contribution < 1.29 is 14.7 Å². The van der Waals surface area contributed by atoms with Crippen LogP contribution in [0.25, 0.3) is 0 Å². The molecule has 2 amide bonds. The van der Waals surface area contributed by atoms with Gasteiger partial charge in [0.25, 0.3) is 5.91 Å². The normalized spacial score (nSPS) is 14.7. The van der Waals surface area contributed by atoms with Crippen molar-refractivity contribution in [1.29, 1.82) is 0 Å². The van der Waals surface area contributed by atoms with Crippen molar-refractivity contribution in [2.24, 2.45) is 5.92 Å². The Kier molecular flexibility index (Phi) is 5.28. The molecular weight excluding hydrogens is 318 g/mol. The minimum atomic E-state index is -0.400. The monoisotopic (exact) mass is 339 g/mol.